The Labute approximate surface area is 115 Å². The molecule has 108 valence electrons. The third-order valence-corrected chi connectivity index (χ3v) is 3.29. The highest BCUT2D eigenvalue weighted by Gasteiger charge is 2.38. The van der Waals surface area contributed by atoms with E-state index in [1.807, 2.05) is 0 Å². The predicted octanol–water partition coefficient (Wildman–Crippen LogP) is 2.68. The van der Waals surface area contributed by atoms with E-state index in [4.69, 9.17) is 4.52 Å². The molecule has 0 atom stereocenters. The number of rotatable bonds is 2. The van der Waals surface area contributed by atoms with Gasteiger partial charge in [0, 0.05) is 18.3 Å². The molecule has 3 aromatic rings. The third kappa shape index (κ3) is 1.96. The van der Waals surface area contributed by atoms with Crippen LogP contribution in [0.2, 0.25) is 0 Å². The van der Waals surface area contributed by atoms with Gasteiger partial charge in [-0.05, 0) is 12.8 Å². The molecular weight excluding hydrogens is 287 g/mol. The summed E-state index contributed by atoms with van der Waals surface area (Å²) in [6, 6.07) is 0. The van der Waals surface area contributed by atoms with E-state index < -0.39 is 12.0 Å². The third-order valence-electron chi connectivity index (χ3n) is 3.29. The maximum atomic E-state index is 13.0. The van der Waals surface area contributed by atoms with Gasteiger partial charge >= 0.3 is 6.18 Å². The van der Waals surface area contributed by atoms with Gasteiger partial charge in [0.15, 0.2) is 11.5 Å². The minimum Gasteiger partial charge on any atom is -0.332 e. The monoisotopic (exact) mass is 295 g/mol. The zero-order chi connectivity index (χ0) is 14.6. The van der Waals surface area contributed by atoms with E-state index in [9.17, 15) is 13.2 Å². The Morgan fingerprint density at radius 1 is 1.24 bits per heavy atom. The van der Waals surface area contributed by atoms with Crippen LogP contribution in [0, 0.1) is 0 Å². The molecule has 0 N–H and O–H groups in total. The molecule has 0 saturated heterocycles. The Bertz CT molecular complexity index is 818. The summed E-state index contributed by atoms with van der Waals surface area (Å²) in [6.07, 6.45) is 1.11. The lowest BCUT2D eigenvalue weighted by atomic mass is 10.3. The van der Waals surface area contributed by atoms with Crippen molar-refractivity contribution < 1.29 is 17.7 Å². The fraction of sp³-hybridized carbons (Fsp3) is 0.333. The molecule has 0 aliphatic heterocycles. The first kappa shape index (κ1) is 12.3. The maximum absolute atomic E-state index is 13.0. The molecule has 1 saturated carbocycles. The van der Waals surface area contributed by atoms with Gasteiger partial charge in [-0.25, -0.2) is 4.98 Å². The van der Waals surface area contributed by atoms with Crippen LogP contribution in [-0.4, -0.2) is 24.5 Å². The molecule has 0 unspecified atom stereocenters. The molecule has 6 nitrogen and oxygen atoms in total. The van der Waals surface area contributed by atoms with Crippen molar-refractivity contribution >= 4 is 5.52 Å². The minimum absolute atomic E-state index is 0.00479. The van der Waals surface area contributed by atoms with Crippen LogP contribution in [0.25, 0.3) is 17.1 Å². The van der Waals surface area contributed by atoms with Gasteiger partial charge in [0.05, 0.1) is 11.7 Å². The van der Waals surface area contributed by atoms with Gasteiger partial charge in [0.2, 0.25) is 5.82 Å². The second kappa shape index (κ2) is 4.03. The Balaban J connectivity index is 1.91. The van der Waals surface area contributed by atoms with Gasteiger partial charge in [0.1, 0.15) is 0 Å². The van der Waals surface area contributed by atoms with Crippen LogP contribution in [0.3, 0.4) is 0 Å². The van der Waals surface area contributed by atoms with Gasteiger partial charge in [-0.1, -0.05) is 5.16 Å². The summed E-state index contributed by atoms with van der Waals surface area (Å²) >= 11 is 0. The van der Waals surface area contributed by atoms with E-state index in [-0.39, 0.29) is 23.0 Å². The molecule has 0 bridgehead atoms. The first-order valence-corrected chi connectivity index (χ1v) is 6.27. The van der Waals surface area contributed by atoms with Crippen LogP contribution in [-0.2, 0) is 6.18 Å². The standard InChI is InChI=1S/C12H8F3N5O/c13-12(14,15)11-17-8(7-5-16-3-4-20(7)11)10-18-9(19-21-10)6-1-2-6/h3-6H,1-2H2. The molecule has 1 fully saturated rings. The second-order valence-corrected chi connectivity index (χ2v) is 4.85. The smallest absolute Gasteiger partial charge is 0.332 e. The SMILES string of the molecule is FC(F)(F)c1nc(-c2nc(C3CC3)no2)c2cnccn12. The van der Waals surface area contributed by atoms with Crippen LogP contribution in [0.4, 0.5) is 13.2 Å². The zero-order valence-electron chi connectivity index (χ0n) is 10.5. The molecule has 9 heteroatoms. The largest absolute Gasteiger partial charge is 0.450 e. The van der Waals surface area contributed by atoms with E-state index in [1.165, 1.54) is 18.6 Å². The number of alkyl halides is 3. The Morgan fingerprint density at radius 2 is 2.05 bits per heavy atom. The quantitative estimate of drug-likeness (QED) is 0.727. The summed E-state index contributed by atoms with van der Waals surface area (Å²) in [5, 5.41) is 3.80. The number of nitrogens with zero attached hydrogens (tertiary/aromatic N) is 5. The van der Waals surface area contributed by atoms with E-state index in [1.54, 1.807) is 0 Å². The lowest BCUT2D eigenvalue weighted by Crippen LogP contribution is -2.10. The van der Waals surface area contributed by atoms with Crippen LogP contribution in [0.5, 0.6) is 0 Å². The average Bonchev–Trinajstić information content (AvgIpc) is 3.04. The highest BCUT2D eigenvalue weighted by molar-refractivity contribution is 5.71. The van der Waals surface area contributed by atoms with Crippen molar-refractivity contribution in [3.63, 3.8) is 0 Å². The molecule has 3 aromatic heterocycles. The van der Waals surface area contributed by atoms with Crippen molar-refractivity contribution in [1.29, 1.82) is 0 Å². The van der Waals surface area contributed by atoms with Gasteiger partial charge < -0.3 is 4.52 Å². The summed E-state index contributed by atoms with van der Waals surface area (Å²) in [5.74, 6) is -0.292. The molecule has 0 radical (unpaired) electrons. The summed E-state index contributed by atoms with van der Waals surface area (Å²) in [4.78, 5) is 11.6. The highest BCUT2D eigenvalue weighted by atomic mass is 19.4. The molecule has 0 spiro atoms. The van der Waals surface area contributed by atoms with E-state index >= 15 is 0 Å². The second-order valence-electron chi connectivity index (χ2n) is 4.85. The maximum Gasteiger partial charge on any atom is 0.450 e. The number of fused-ring (bicyclic) bond motifs is 1. The number of imidazole rings is 1. The van der Waals surface area contributed by atoms with Crippen molar-refractivity contribution in [2.24, 2.45) is 0 Å². The molecule has 0 aromatic carbocycles. The summed E-state index contributed by atoms with van der Waals surface area (Å²) in [6.45, 7) is 0. The number of hydrogen-bond acceptors (Lipinski definition) is 5. The molecule has 3 heterocycles. The summed E-state index contributed by atoms with van der Waals surface area (Å²) < 4.78 is 45.0. The lowest BCUT2D eigenvalue weighted by molar-refractivity contribution is -0.145. The van der Waals surface area contributed by atoms with Crippen LogP contribution < -0.4 is 0 Å². The van der Waals surface area contributed by atoms with Crippen LogP contribution >= 0.6 is 0 Å². The van der Waals surface area contributed by atoms with Crippen LogP contribution in [0.1, 0.15) is 30.4 Å². The molecular formula is C12H8F3N5O. The fourth-order valence-corrected chi connectivity index (χ4v) is 2.13. The first-order valence-electron chi connectivity index (χ1n) is 6.27. The Hall–Kier alpha value is -2.45. The van der Waals surface area contributed by atoms with Crippen molar-refractivity contribution in [3.8, 4) is 11.6 Å². The topological polar surface area (TPSA) is 69.1 Å². The predicted molar refractivity (Wildman–Crippen MR) is 63.3 cm³/mol. The molecule has 1 aliphatic carbocycles. The van der Waals surface area contributed by atoms with Gasteiger partial charge in [0.25, 0.3) is 5.89 Å². The van der Waals surface area contributed by atoms with Crippen molar-refractivity contribution in [1.82, 2.24) is 24.5 Å². The molecule has 4 rings (SSSR count). The van der Waals surface area contributed by atoms with Crippen molar-refractivity contribution in [2.75, 3.05) is 0 Å². The normalized spacial score (nSPS) is 15.8. The summed E-state index contributed by atoms with van der Waals surface area (Å²) in [7, 11) is 0. The Morgan fingerprint density at radius 3 is 2.76 bits per heavy atom. The van der Waals surface area contributed by atoms with Crippen LogP contribution in [0.15, 0.2) is 23.1 Å². The zero-order valence-corrected chi connectivity index (χ0v) is 10.5. The van der Waals surface area contributed by atoms with Gasteiger partial charge in [-0.15, -0.1) is 0 Å². The fourth-order valence-electron chi connectivity index (χ4n) is 2.13. The lowest BCUT2D eigenvalue weighted by Gasteiger charge is -2.03. The number of hydrogen-bond donors (Lipinski definition) is 0. The molecule has 0 amide bonds. The Kier molecular flexibility index (Phi) is 2.36. The van der Waals surface area contributed by atoms with Crippen molar-refractivity contribution in [3.05, 3.63) is 30.2 Å². The van der Waals surface area contributed by atoms with Gasteiger partial charge in [-0.2, -0.15) is 18.2 Å². The molecule has 21 heavy (non-hydrogen) atoms. The van der Waals surface area contributed by atoms with Crippen molar-refractivity contribution in [2.45, 2.75) is 24.9 Å². The number of halogens is 3. The molecule has 1 aliphatic rings. The highest BCUT2D eigenvalue weighted by Crippen LogP contribution is 2.39. The minimum atomic E-state index is -4.58. The van der Waals surface area contributed by atoms with E-state index in [0.717, 1.165) is 17.2 Å². The number of aromatic nitrogens is 5. The van der Waals surface area contributed by atoms with E-state index in [2.05, 4.69) is 20.1 Å². The van der Waals surface area contributed by atoms with Gasteiger partial charge in [-0.3, -0.25) is 9.38 Å². The first-order chi connectivity index (χ1) is 10.0. The summed E-state index contributed by atoms with van der Waals surface area (Å²) in [5.41, 5.74) is 0.172. The average molecular weight is 295 g/mol. The van der Waals surface area contributed by atoms with E-state index in [0.29, 0.717) is 5.82 Å².